The Bertz CT molecular complexity index is 229. The molecule has 0 aromatic heterocycles. The monoisotopic (exact) mass is 245 g/mol. The van der Waals surface area contributed by atoms with Crippen molar-refractivity contribution in [2.24, 2.45) is 0 Å². The van der Waals surface area contributed by atoms with Crippen molar-refractivity contribution in [2.75, 3.05) is 20.3 Å². The van der Waals surface area contributed by atoms with E-state index in [2.05, 4.69) is 12.2 Å². The van der Waals surface area contributed by atoms with Crippen LogP contribution in [0.3, 0.4) is 0 Å². The van der Waals surface area contributed by atoms with Crippen LogP contribution in [0.4, 0.5) is 0 Å². The van der Waals surface area contributed by atoms with E-state index in [4.69, 9.17) is 14.6 Å². The molecule has 5 nitrogen and oxygen atoms in total. The van der Waals surface area contributed by atoms with Gasteiger partial charge in [0.15, 0.2) is 6.10 Å². The number of hydrogen-bond donors (Lipinski definition) is 2. The van der Waals surface area contributed by atoms with Crippen LogP contribution >= 0.6 is 0 Å². The standard InChI is InChI=1S/C12H23NO4/c1-3-4-9(8-16-2)13-7-10-5-6-11(17-10)12(14)15/h9-11,13H,3-8H2,1-2H3,(H,14,15). The van der Waals surface area contributed by atoms with Crippen LogP contribution in [0.15, 0.2) is 0 Å². The number of methoxy groups -OCH3 is 1. The average Bonchev–Trinajstić information content (AvgIpc) is 2.75. The van der Waals surface area contributed by atoms with E-state index in [0.29, 0.717) is 25.6 Å². The van der Waals surface area contributed by atoms with Gasteiger partial charge in [0.05, 0.1) is 12.7 Å². The minimum Gasteiger partial charge on any atom is -0.479 e. The molecule has 1 rings (SSSR count). The summed E-state index contributed by atoms with van der Waals surface area (Å²) >= 11 is 0. The third-order valence-corrected chi connectivity index (χ3v) is 3.02. The highest BCUT2D eigenvalue weighted by Gasteiger charge is 2.30. The van der Waals surface area contributed by atoms with Gasteiger partial charge in [0, 0.05) is 19.7 Å². The topological polar surface area (TPSA) is 67.8 Å². The molecule has 0 aliphatic carbocycles. The number of nitrogens with one attached hydrogen (secondary N) is 1. The molecule has 1 heterocycles. The number of hydrogen-bond acceptors (Lipinski definition) is 4. The Balaban J connectivity index is 2.23. The molecule has 1 aliphatic heterocycles. The highest BCUT2D eigenvalue weighted by atomic mass is 16.5. The van der Waals surface area contributed by atoms with Gasteiger partial charge in [0.25, 0.3) is 0 Å². The van der Waals surface area contributed by atoms with Gasteiger partial charge < -0.3 is 19.9 Å². The van der Waals surface area contributed by atoms with E-state index in [9.17, 15) is 4.79 Å². The summed E-state index contributed by atoms with van der Waals surface area (Å²) in [7, 11) is 1.69. The van der Waals surface area contributed by atoms with Crippen LogP contribution < -0.4 is 5.32 Å². The third-order valence-electron chi connectivity index (χ3n) is 3.02. The first kappa shape index (κ1) is 14.4. The predicted octanol–water partition coefficient (Wildman–Crippen LogP) is 1.02. The molecule has 1 aliphatic rings. The van der Waals surface area contributed by atoms with E-state index in [1.807, 2.05) is 0 Å². The molecule has 3 unspecified atom stereocenters. The van der Waals surface area contributed by atoms with Gasteiger partial charge in [-0.1, -0.05) is 13.3 Å². The molecule has 0 aromatic rings. The summed E-state index contributed by atoms with van der Waals surface area (Å²) in [6.07, 6.45) is 2.99. The Morgan fingerprint density at radius 3 is 2.88 bits per heavy atom. The zero-order valence-corrected chi connectivity index (χ0v) is 10.6. The molecule has 5 heteroatoms. The molecule has 1 saturated heterocycles. The first-order valence-electron chi connectivity index (χ1n) is 6.28. The number of carbonyl (C=O) groups is 1. The summed E-state index contributed by atoms with van der Waals surface area (Å²) in [5, 5.41) is 12.2. The Hall–Kier alpha value is -0.650. The Morgan fingerprint density at radius 2 is 2.35 bits per heavy atom. The fourth-order valence-electron chi connectivity index (χ4n) is 2.13. The molecule has 1 fully saturated rings. The number of ether oxygens (including phenoxy) is 2. The lowest BCUT2D eigenvalue weighted by molar-refractivity contribution is -0.149. The van der Waals surface area contributed by atoms with E-state index in [1.54, 1.807) is 7.11 Å². The third kappa shape index (κ3) is 5.02. The van der Waals surface area contributed by atoms with Crippen LogP contribution in [0.2, 0.25) is 0 Å². The first-order chi connectivity index (χ1) is 8.17. The molecule has 0 radical (unpaired) electrons. The second-order valence-electron chi connectivity index (χ2n) is 4.51. The van der Waals surface area contributed by atoms with Crippen molar-refractivity contribution < 1.29 is 19.4 Å². The van der Waals surface area contributed by atoms with Crippen LogP contribution in [0, 0.1) is 0 Å². The predicted molar refractivity (Wildman–Crippen MR) is 64.1 cm³/mol. The maximum absolute atomic E-state index is 10.7. The van der Waals surface area contributed by atoms with Crippen LogP contribution in [0.25, 0.3) is 0 Å². The maximum Gasteiger partial charge on any atom is 0.332 e. The van der Waals surface area contributed by atoms with Crippen molar-refractivity contribution >= 4 is 5.97 Å². The largest absolute Gasteiger partial charge is 0.479 e. The number of carboxylic acids is 1. The lowest BCUT2D eigenvalue weighted by atomic mass is 10.1. The van der Waals surface area contributed by atoms with Gasteiger partial charge in [-0.2, -0.15) is 0 Å². The molecule has 3 atom stereocenters. The van der Waals surface area contributed by atoms with Gasteiger partial charge in [-0.3, -0.25) is 0 Å². The zero-order chi connectivity index (χ0) is 12.7. The molecule has 0 bridgehead atoms. The second kappa shape index (κ2) is 7.63. The minimum atomic E-state index is -0.852. The Labute approximate surface area is 102 Å². The minimum absolute atomic E-state index is 0.0207. The number of aliphatic carboxylic acids is 1. The molecule has 100 valence electrons. The second-order valence-corrected chi connectivity index (χ2v) is 4.51. The van der Waals surface area contributed by atoms with Crippen LogP contribution in [-0.4, -0.2) is 49.6 Å². The summed E-state index contributed by atoms with van der Waals surface area (Å²) in [5.74, 6) is -0.852. The van der Waals surface area contributed by atoms with Crippen LogP contribution in [0.1, 0.15) is 32.6 Å². The van der Waals surface area contributed by atoms with Gasteiger partial charge in [-0.15, -0.1) is 0 Å². The molecular formula is C12H23NO4. The van der Waals surface area contributed by atoms with Crippen LogP contribution in [0.5, 0.6) is 0 Å². The van der Waals surface area contributed by atoms with Crippen molar-refractivity contribution in [2.45, 2.75) is 50.9 Å². The first-order valence-corrected chi connectivity index (χ1v) is 6.28. The van der Waals surface area contributed by atoms with Gasteiger partial charge in [-0.25, -0.2) is 4.79 Å². The number of rotatable bonds is 8. The van der Waals surface area contributed by atoms with E-state index < -0.39 is 12.1 Å². The zero-order valence-electron chi connectivity index (χ0n) is 10.6. The lowest BCUT2D eigenvalue weighted by Crippen LogP contribution is -2.38. The van der Waals surface area contributed by atoms with E-state index in [1.165, 1.54) is 0 Å². The van der Waals surface area contributed by atoms with Crippen LogP contribution in [-0.2, 0) is 14.3 Å². The van der Waals surface area contributed by atoms with Gasteiger partial charge in [-0.05, 0) is 19.3 Å². The molecule has 0 aromatic carbocycles. The summed E-state index contributed by atoms with van der Waals surface area (Å²) in [6, 6.07) is 0.331. The van der Waals surface area contributed by atoms with Gasteiger partial charge in [0.1, 0.15) is 0 Å². The molecule has 0 amide bonds. The highest BCUT2D eigenvalue weighted by molar-refractivity contribution is 5.72. The summed E-state index contributed by atoms with van der Waals surface area (Å²) in [6.45, 7) is 3.53. The smallest absolute Gasteiger partial charge is 0.332 e. The molecule has 17 heavy (non-hydrogen) atoms. The fraction of sp³-hybridized carbons (Fsp3) is 0.917. The van der Waals surface area contributed by atoms with E-state index in [0.717, 1.165) is 19.3 Å². The summed E-state index contributed by atoms with van der Waals surface area (Å²) < 4.78 is 10.6. The van der Waals surface area contributed by atoms with Crippen molar-refractivity contribution in [1.82, 2.24) is 5.32 Å². The van der Waals surface area contributed by atoms with Crippen molar-refractivity contribution in [3.05, 3.63) is 0 Å². The van der Waals surface area contributed by atoms with E-state index in [-0.39, 0.29) is 6.10 Å². The molecule has 0 saturated carbocycles. The summed E-state index contributed by atoms with van der Waals surface area (Å²) in [4.78, 5) is 10.7. The Kier molecular flexibility index (Phi) is 6.47. The SMILES string of the molecule is CCCC(COC)NCC1CCC(C(=O)O)O1. The van der Waals surface area contributed by atoms with Gasteiger partial charge in [0.2, 0.25) is 0 Å². The van der Waals surface area contributed by atoms with Crippen molar-refractivity contribution in [1.29, 1.82) is 0 Å². The normalized spacial score (nSPS) is 26.0. The Morgan fingerprint density at radius 1 is 1.59 bits per heavy atom. The summed E-state index contributed by atoms with van der Waals surface area (Å²) in [5.41, 5.74) is 0. The lowest BCUT2D eigenvalue weighted by Gasteiger charge is -2.19. The molecule has 2 N–H and O–H groups in total. The maximum atomic E-state index is 10.7. The fourth-order valence-corrected chi connectivity index (χ4v) is 2.13. The highest BCUT2D eigenvalue weighted by Crippen LogP contribution is 2.19. The van der Waals surface area contributed by atoms with Gasteiger partial charge >= 0.3 is 5.97 Å². The van der Waals surface area contributed by atoms with E-state index >= 15 is 0 Å². The van der Waals surface area contributed by atoms with Crippen molar-refractivity contribution in [3.8, 4) is 0 Å². The van der Waals surface area contributed by atoms with Crippen molar-refractivity contribution in [3.63, 3.8) is 0 Å². The quantitative estimate of drug-likeness (QED) is 0.668. The average molecular weight is 245 g/mol. The molecule has 0 spiro atoms. The molecular weight excluding hydrogens is 222 g/mol. The number of carboxylic acid groups (broad SMARTS) is 1.